The number of phenols is 1. The molecule has 2 N–H and O–H groups in total. The minimum absolute atomic E-state index is 0.0984. The molecule has 98 valence electrons. The van der Waals surface area contributed by atoms with E-state index in [0.29, 0.717) is 5.58 Å². The van der Waals surface area contributed by atoms with E-state index in [1.54, 1.807) is 32.9 Å². The normalized spacial score (nSPS) is 10.9. The van der Waals surface area contributed by atoms with Gasteiger partial charge in [0.25, 0.3) is 0 Å². The van der Waals surface area contributed by atoms with Crippen LogP contribution in [0.5, 0.6) is 5.75 Å². The highest BCUT2D eigenvalue weighted by atomic mass is 16.4. The maximum absolute atomic E-state index is 11.0. The molecule has 0 aliphatic carbocycles. The summed E-state index contributed by atoms with van der Waals surface area (Å²) >= 11 is 0. The molecule has 4 nitrogen and oxygen atoms in total. The van der Waals surface area contributed by atoms with Gasteiger partial charge in [-0.3, -0.25) is 0 Å². The van der Waals surface area contributed by atoms with Gasteiger partial charge in [0.05, 0.1) is 5.60 Å². The monoisotopic (exact) mass is 250 g/mol. The van der Waals surface area contributed by atoms with Crippen molar-refractivity contribution in [2.75, 3.05) is 0 Å². The third-order valence-corrected chi connectivity index (χ3v) is 1.93. The average molecular weight is 250 g/mol. The maximum Gasteiger partial charge on any atom is 0.336 e. The average Bonchev–Trinajstić information content (AvgIpc) is 2.13. The zero-order valence-corrected chi connectivity index (χ0v) is 11.0. The Kier molecular flexibility index (Phi) is 4.14. The van der Waals surface area contributed by atoms with Gasteiger partial charge in [-0.25, -0.2) is 4.79 Å². The lowest BCUT2D eigenvalue weighted by Crippen LogP contribution is -2.10. The number of rotatable bonds is 0. The molecule has 0 atom stereocenters. The Bertz CT molecular complexity index is 585. The van der Waals surface area contributed by atoms with Gasteiger partial charge in [0, 0.05) is 17.5 Å². The quantitative estimate of drug-likeness (QED) is 0.705. The molecule has 1 aromatic carbocycles. The lowest BCUT2D eigenvalue weighted by atomic mass is 10.1. The van der Waals surface area contributed by atoms with Crippen LogP contribution in [0.15, 0.2) is 33.5 Å². The van der Waals surface area contributed by atoms with Gasteiger partial charge < -0.3 is 14.6 Å². The van der Waals surface area contributed by atoms with Crippen LogP contribution in [0.25, 0.3) is 11.0 Å². The standard InChI is InChI=1S/C10H8O3.C4H10O/c1-6-4-10(12)13-9-5-7(11)2-3-8(6)9;1-4(2,3)5/h2-5,11H,1H3;5H,1-3H3. The second kappa shape index (κ2) is 5.23. The fraction of sp³-hybridized carbons (Fsp3) is 0.357. The second-order valence-corrected chi connectivity index (χ2v) is 5.10. The van der Waals surface area contributed by atoms with Crippen molar-refractivity contribution in [2.45, 2.75) is 33.3 Å². The van der Waals surface area contributed by atoms with Gasteiger partial charge in [-0.05, 0) is 45.4 Å². The van der Waals surface area contributed by atoms with Crippen LogP contribution in [0, 0.1) is 6.92 Å². The van der Waals surface area contributed by atoms with E-state index in [4.69, 9.17) is 14.6 Å². The highest BCUT2D eigenvalue weighted by molar-refractivity contribution is 5.81. The van der Waals surface area contributed by atoms with Gasteiger partial charge in [0.2, 0.25) is 0 Å². The van der Waals surface area contributed by atoms with Crippen LogP contribution < -0.4 is 5.63 Å². The Morgan fingerprint density at radius 1 is 1.17 bits per heavy atom. The number of benzene rings is 1. The Hall–Kier alpha value is -1.81. The molecular weight excluding hydrogens is 232 g/mol. The first kappa shape index (κ1) is 14.3. The molecule has 0 saturated heterocycles. The van der Waals surface area contributed by atoms with E-state index in [1.807, 2.05) is 6.92 Å². The molecule has 18 heavy (non-hydrogen) atoms. The van der Waals surface area contributed by atoms with E-state index in [2.05, 4.69) is 0 Å². The first-order valence-corrected chi connectivity index (χ1v) is 5.62. The van der Waals surface area contributed by atoms with E-state index in [0.717, 1.165) is 10.9 Å². The van der Waals surface area contributed by atoms with Crippen molar-refractivity contribution in [3.05, 3.63) is 40.2 Å². The number of aliphatic hydroxyl groups is 1. The first-order chi connectivity index (χ1) is 8.16. The van der Waals surface area contributed by atoms with Crippen LogP contribution >= 0.6 is 0 Å². The lowest BCUT2D eigenvalue weighted by Gasteiger charge is -2.04. The zero-order valence-electron chi connectivity index (χ0n) is 11.0. The summed E-state index contributed by atoms with van der Waals surface area (Å²) < 4.78 is 4.91. The van der Waals surface area contributed by atoms with Crippen molar-refractivity contribution in [3.8, 4) is 5.75 Å². The lowest BCUT2D eigenvalue weighted by molar-refractivity contribution is 0.102. The first-order valence-electron chi connectivity index (χ1n) is 5.62. The van der Waals surface area contributed by atoms with Crippen molar-refractivity contribution in [1.29, 1.82) is 0 Å². The number of aromatic hydroxyl groups is 1. The molecule has 0 bridgehead atoms. The van der Waals surface area contributed by atoms with E-state index in [1.165, 1.54) is 12.1 Å². The van der Waals surface area contributed by atoms with E-state index >= 15 is 0 Å². The van der Waals surface area contributed by atoms with Gasteiger partial charge in [0.15, 0.2) is 0 Å². The molecule has 0 saturated carbocycles. The van der Waals surface area contributed by atoms with Gasteiger partial charge in [-0.15, -0.1) is 0 Å². The summed E-state index contributed by atoms with van der Waals surface area (Å²) in [6.07, 6.45) is 0. The molecule has 2 aromatic rings. The summed E-state index contributed by atoms with van der Waals surface area (Å²) in [5.41, 5.74) is 0.381. The number of hydrogen-bond acceptors (Lipinski definition) is 4. The molecule has 0 amide bonds. The van der Waals surface area contributed by atoms with Crippen LogP contribution in [0.4, 0.5) is 0 Å². The Morgan fingerprint density at radius 3 is 2.28 bits per heavy atom. The minimum atomic E-state index is -0.500. The molecule has 0 radical (unpaired) electrons. The highest BCUT2D eigenvalue weighted by Crippen LogP contribution is 2.20. The van der Waals surface area contributed by atoms with Gasteiger partial charge >= 0.3 is 5.63 Å². The van der Waals surface area contributed by atoms with Crippen molar-refractivity contribution in [1.82, 2.24) is 0 Å². The zero-order chi connectivity index (χ0) is 13.9. The predicted molar refractivity (Wildman–Crippen MR) is 70.9 cm³/mol. The van der Waals surface area contributed by atoms with Gasteiger partial charge in [0.1, 0.15) is 11.3 Å². The second-order valence-electron chi connectivity index (χ2n) is 5.10. The minimum Gasteiger partial charge on any atom is -0.508 e. The summed E-state index contributed by atoms with van der Waals surface area (Å²) in [6, 6.07) is 6.15. The third-order valence-electron chi connectivity index (χ3n) is 1.93. The Morgan fingerprint density at radius 2 is 1.72 bits per heavy atom. The molecule has 1 heterocycles. The smallest absolute Gasteiger partial charge is 0.336 e. The topological polar surface area (TPSA) is 70.7 Å². The van der Waals surface area contributed by atoms with Crippen LogP contribution in [0.2, 0.25) is 0 Å². The summed E-state index contributed by atoms with van der Waals surface area (Å²) in [4.78, 5) is 11.0. The molecule has 2 rings (SSSR count). The van der Waals surface area contributed by atoms with Crippen molar-refractivity contribution < 1.29 is 14.6 Å². The molecular formula is C14H18O4. The summed E-state index contributed by atoms with van der Waals surface area (Å²) in [7, 11) is 0. The number of hydrogen-bond donors (Lipinski definition) is 2. The summed E-state index contributed by atoms with van der Waals surface area (Å²) in [5.74, 6) is 0.0984. The molecule has 1 aromatic heterocycles. The predicted octanol–water partition coefficient (Wildman–Crippen LogP) is 2.58. The summed E-state index contributed by atoms with van der Waals surface area (Å²) in [6.45, 7) is 7.06. The largest absolute Gasteiger partial charge is 0.508 e. The van der Waals surface area contributed by atoms with Crippen LogP contribution in [0.1, 0.15) is 26.3 Å². The number of phenolic OH excluding ortho intramolecular Hbond substituents is 1. The number of fused-ring (bicyclic) bond motifs is 1. The highest BCUT2D eigenvalue weighted by Gasteiger charge is 2.01. The molecule has 0 spiro atoms. The Balaban J connectivity index is 0.000000280. The van der Waals surface area contributed by atoms with Crippen molar-refractivity contribution in [2.24, 2.45) is 0 Å². The van der Waals surface area contributed by atoms with E-state index in [9.17, 15) is 4.79 Å². The SMILES string of the molecule is CC(C)(C)O.Cc1cc(=O)oc2cc(O)ccc12. The fourth-order valence-corrected chi connectivity index (χ4v) is 1.31. The van der Waals surface area contributed by atoms with E-state index in [-0.39, 0.29) is 5.75 Å². The van der Waals surface area contributed by atoms with Crippen LogP contribution in [-0.4, -0.2) is 15.8 Å². The molecule has 4 heteroatoms. The van der Waals surface area contributed by atoms with Gasteiger partial charge in [-0.2, -0.15) is 0 Å². The van der Waals surface area contributed by atoms with Crippen LogP contribution in [-0.2, 0) is 0 Å². The maximum atomic E-state index is 11.0. The molecule has 0 aliphatic heterocycles. The van der Waals surface area contributed by atoms with Crippen molar-refractivity contribution in [3.63, 3.8) is 0 Å². The molecule has 0 unspecified atom stereocenters. The van der Waals surface area contributed by atoms with Gasteiger partial charge in [-0.1, -0.05) is 0 Å². The fourth-order valence-electron chi connectivity index (χ4n) is 1.31. The van der Waals surface area contributed by atoms with Crippen molar-refractivity contribution >= 4 is 11.0 Å². The summed E-state index contributed by atoms with van der Waals surface area (Å²) in [5, 5.41) is 18.5. The van der Waals surface area contributed by atoms with Crippen LogP contribution in [0.3, 0.4) is 0 Å². The number of aryl methyl sites for hydroxylation is 1. The molecule has 0 aliphatic rings. The van der Waals surface area contributed by atoms with E-state index < -0.39 is 11.2 Å². The molecule has 0 fully saturated rings. The Labute approximate surface area is 105 Å². The third kappa shape index (κ3) is 4.59.